The van der Waals surface area contributed by atoms with Crippen molar-refractivity contribution in [2.24, 2.45) is 0 Å². The number of hydrogen-bond acceptors (Lipinski definition) is 1. The zero-order chi connectivity index (χ0) is 16.8. The van der Waals surface area contributed by atoms with Crippen molar-refractivity contribution in [1.29, 1.82) is 0 Å². The Morgan fingerprint density at radius 1 is 0.792 bits per heavy atom. The second-order valence-corrected chi connectivity index (χ2v) is 5.72. The Kier molecular flexibility index (Phi) is 4.92. The van der Waals surface area contributed by atoms with Gasteiger partial charge < -0.3 is 10.2 Å². The summed E-state index contributed by atoms with van der Waals surface area (Å²) in [6.45, 7) is 0.563. The van der Waals surface area contributed by atoms with Gasteiger partial charge in [-0.1, -0.05) is 72.8 Å². The maximum absolute atomic E-state index is 12.2. The summed E-state index contributed by atoms with van der Waals surface area (Å²) < 4.78 is 0. The Labute approximate surface area is 142 Å². The molecule has 0 aromatic heterocycles. The predicted octanol–water partition coefficient (Wildman–Crippen LogP) is 5.02. The van der Waals surface area contributed by atoms with Crippen LogP contribution in [0.25, 0.3) is 11.1 Å². The minimum Gasteiger partial charge on any atom is -0.323 e. The Balaban J connectivity index is 1.62. The van der Waals surface area contributed by atoms with Gasteiger partial charge in [0.25, 0.3) is 0 Å². The minimum atomic E-state index is -0.117. The van der Waals surface area contributed by atoms with E-state index in [4.69, 9.17) is 0 Å². The van der Waals surface area contributed by atoms with Gasteiger partial charge in [0.15, 0.2) is 0 Å². The van der Waals surface area contributed by atoms with E-state index in [1.165, 1.54) is 11.1 Å². The molecule has 2 amide bonds. The number of benzene rings is 3. The smallest absolute Gasteiger partial charge is 0.321 e. The molecule has 120 valence electrons. The van der Waals surface area contributed by atoms with Crippen LogP contribution < -0.4 is 5.32 Å². The molecule has 24 heavy (non-hydrogen) atoms. The minimum absolute atomic E-state index is 0.117. The monoisotopic (exact) mass is 316 g/mol. The van der Waals surface area contributed by atoms with Crippen molar-refractivity contribution in [2.45, 2.75) is 6.54 Å². The van der Waals surface area contributed by atoms with E-state index in [-0.39, 0.29) is 6.03 Å². The van der Waals surface area contributed by atoms with E-state index in [1.54, 1.807) is 11.9 Å². The number of rotatable bonds is 4. The molecule has 3 nitrogen and oxygen atoms in total. The Morgan fingerprint density at radius 2 is 1.33 bits per heavy atom. The first kappa shape index (κ1) is 15.8. The van der Waals surface area contributed by atoms with Crippen molar-refractivity contribution in [3.8, 4) is 11.1 Å². The second-order valence-electron chi connectivity index (χ2n) is 5.72. The third-order valence-electron chi connectivity index (χ3n) is 3.85. The molecule has 0 saturated carbocycles. The van der Waals surface area contributed by atoms with Gasteiger partial charge in [0.2, 0.25) is 0 Å². The lowest BCUT2D eigenvalue weighted by molar-refractivity contribution is 0.220. The Hall–Kier alpha value is -3.07. The summed E-state index contributed by atoms with van der Waals surface area (Å²) in [6.07, 6.45) is 0. The van der Waals surface area contributed by atoms with Gasteiger partial charge in [-0.2, -0.15) is 0 Å². The van der Waals surface area contributed by atoms with Crippen LogP contribution in [-0.2, 0) is 6.54 Å². The van der Waals surface area contributed by atoms with Crippen molar-refractivity contribution in [3.05, 3.63) is 90.5 Å². The average molecular weight is 316 g/mol. The summed E-state index contributed by atoms with van der Waals surface area (Å²) in [6, 6.07) is 27.9. The first-order chi connectivity index (χ1) is 11.7. The third-order valence-corrected chi connectivity index (χ3v) is 3.85. The Bertz CT molecular complexity index is 783. The number of para-hydroxylation sites is 1. The highest BCUT2D eigenvalue weighted by molar-refractivity contribution is 5.89. The molecule has 1 N–H and O–H groups in total. The van der Waals surface area contributed by atoms with Crippen molar-refractivity contribution in [1.82, 2.24) is 4.90 Å². The summed E-state index contributed by atoms with van der Waals surface area (Å²) in [4.78, 5) is 13.9. The molecule has 0 saturated heterocycles. The van der Waals surface area contributed by atoms with E-state index in [0.717, 1.165) is 11.3 Å². The van der Waals surface area contributed by atoms with E-state index in [0.29, 0.717) is 6.54 Å². The number of amides is 2. The topological polar surface area (TPSA) is 32.3 Å². The molecular formula is C21H20N2O. The SMILES string of the molecule is CN(Cc1ccc(-c2ccccc2)cc1)C(=O)Nc1ccccc1. The molecule has 3 aromatic rings. The number of anilines is 1. The van der Waals surface area contributed by atoms with Gasteiger partial charge in [-0.05, 0) is 28.8 Å². The van der Waals surface area contributed by atoms with Crippen LogP contribution >= 0.6 is 0 Å². The van der Waals surface area contributed by atoms with E-state index in [1.807, 2.05) is 48.5 Å². The molecule has 0 aliphatic carbocycles. The normalized spacial score (nSPS) is 10.2. The third kappa shape index (κ3) is 4.02. The maximum atomic E-state index is 12.2. The van der Waals surface area contributed by atoms with Crippen LogP contribution in [0.1, 0.15) is 5.56 Å². The van der Waals surface area contributed by atoms with Gasteiger partial charge in [0, 0.05) is 19.3 Å². The molecule has 0 aliphatic rings. The molecule has 0 atom stereocenters. The molecular weight excluding hydrogens is 296 g/mol. The fraction of sp³-hybridized carbons (Fsp3) is 0.0952. The summed E-state index contributed by atoms with van der Waals surface area (Å²) in [5.74, 6) is 0. The summed E-state index contributed by atoms with van der Waals surface area (Å²) >= 11 is 0. The molecule has 0 unspecified atom stereocenters. The number of hydrogen-bond donors (Lipinski definition) is 1. The average Bonchev–Trinajstić information content (AvgIpc) is 2.64. The molecule has 0 spiro atoms. The van der Waals surface area contributed by atoms with Gasteiger partial charge >= 0.3 is 6.03 Å². The largest absolute Gasteiger partial charge is 0.323 e. The van der Waals surface area contributed by atoms with Crippen LogP contribution in [-0.4, -0.2) is 18.0 Å². The van der Waals surface area contributed by atoms with Crippen LogP contribution in [0, 0.1) is 0 Å². The summed E-state index contributed by atoms with van der Waals surface area (Å²) in [5.41, 5.74) is 4.27. The van der Waals surface area contributed by atoms with Crippen molar-refractivity contribution < 1.29 is 4.79 Å². The van der Waals surface area contributed by atoms with Gasteiger partial charge in [0.05, 0.1) is 0 Å². The fourth-order valence-electron chi connectivity index (χ4n) is 2.52. The van der Waals surface area contributed by atoms with Crippen molar-refractivity contribution in [3.63, 3.8) is 0 Å². The number of urea groups is 1. The highest BCUT2D eigenvalue weighted by Gasteiger charge is 2.09. The number of carbonyl (C=O) groups excluding carboxylic acids is 1. The highest BCUT2D eigenvalue weighted by atomic mass is 16.2. The van der Waals surface area contributed by atoms with Crippen LogP contribution in [0.5, 0.6) is 0 Å². The van der Waals surface area contributed by atoms with Gasteiger partial charge in [-0.15, -0.1) is 0 Å². The van der Waals surface area contributed by atoms with Crippen LogP contribution in [0.2, 0.25) is 0 Å². The van der Waals surface area contributed by atoms with Gasteiger partial charge in [-0.3, -0.25) is 0 Å². The lowest BCUT2D eigenvalue weighted by Gasteiger charge is -2.18. The number of carbonyl (C=O) groups is 1. The fourth-order valence-corrected chi connectivity index (χ4v) is 2.52. The molecule has 0 radical (unpaired) electrons. The number of nitrogens with one attached hydrogen (secondary N) is 1. The molecule has 0 fully saturated rings. The highest BCUT2D eigenvalue weighted by Crippen LogP contribution is 2.19. The quantitative estimate of drug-likeness (QED) is 0.720. The van der Waals surface area contributed by atoms with Gasteiger partial charge in [0.1, 0.15) is 0 Å². The predicted molar refractivity (Wildman–Crippen MR) is 98.8 cm³/mol. The van der Waals surface area contributed by atoms with Crippen molar-refractivity contribution >= 4 is 11.7 Å². The first-order valence-electron chi connectivity index (χ1n) is 7.94. The van der Waals surface area contributed by atoms with E-state index < -0.39 is 0 Å². The van der Waals surface area contributed by atoms with Crippen LogP contribution in [0.15, 0.2) is 84.9 Å². The summed E-state index contributed by atoms with van der Waals surface area (Å²) in [5, 5.41) is 2.89. The molecule has 0 heterocycles. The van der Waals surface area contributed by atoms with Crippen LogP contribution in [0.3, 0.4) is 0 Å². The number of nitrogens with zero attached hydrogens (tertiary/aromatic N) is 1. The molecule has 3 rings (SSSR count). The maximum Gasteiger partial charge on any atom is 0.321 e. The lowest BCUT2D eigenvalue weighted by atomic mass is 10.0. The zero-order valence-corrected chi connectivity index (χ0v) is 13.6. The van der Waals surface area contributed by atoms with E-state index in [9.17, 15) is 4.79 Å². The summed E-state index contributed by atoms with van der Waals surface area (Å²) in [7, 11) is 1.80. The molecule has 3 heteroatoms. The molecule has 0 bridgehead atoms. The second kappa shape index (κ2) is 7.47. The lowest BCUT2D eigenvalue weighted by Crippen LogP contribution is -2.30. The first-order valence-corrected chi connectivity index (χ1v) is 7.94. The molecule has 0 aliphatic heterocycles. The van der Waals surface area contributed by atoms with Gasteiger partial charge in [-0.25, -0.2) is 4.79 Å². The Morgan fingerprint density at radius 3 is 1.96 bits per heavy atom. The zero-order valence-electron chi connectivity index (χ0n) is 13.6. The van der Waals surface area contributed by atoms with Crippen molar-refractivity contribution in [2.75, 3.05) is 12.4 Å². The molecule has 3 aromatic carbocycles. The van der Waals surface area contributed by atoms with E-state index in [2.05, 4.69) is 41.7 Å². The standard InChI is InChI=1S/C21H20N2O/c1-23(21(24)22-20-10-6-3-7-11-20)16-17-12-14-19(15-13-17)18-8-4-2-5-9-18/h2-15H,16H2,1H3,(H,22,24). The van der Waals surface area contributed by atoms with Crippen LogP contribution in [0.4, 0.5) is 10.5 Å². The van der Waals surface area contributed by atoms with E-state index >= 15 is 0 Å².